The first-order chi connectivity index (χ1) is 16.9. The molecular weight excluding hydrogens is 532 g/mol. The Morgan fingerprint density at radius 2 is 1.94 bits per heavy atom. The first kappa shape index (κ1) is 27.1. The topological polar surface area (TPSA) is 118 Å². The predicted molar refractivity (Wildman–Crippen MR) is 122 cm³/mol. The number of methoxy groups -OCH3 is 1. The van der Waals surface area contributed by atoms with E-state index < -0.39 is 40.6 Å². The summed E-state index contributed by atoms with van der Waals surface area (Å²) in [6.45, 7) is 0.124. The van der Waals surface area contributed by atoms with Gasteiger partial charge in [-0.25, -0.2) is 23.4 Å². The monoisotopic (exact) mass is 548 g/mol. The highest BCUT2D eigenvalue weighted by Gasteiger charge is 2.36. The lowest BCUT2D eigenvalue weighted by Crippen LogP contribution is -2.45. The number of hydrogen-bond acceptors (Lipinski definition) is 8. The highest BCUT2D eigenvalue weighted by Crippen LogP contribution is 2.39. The maximum absolute atomic E-state index is 14.7. The van der Waals surface area contributed by atoms with Gasteiger partial charge in [0.05, 0.1) is 29.3 Å². The number of benzene rings is 1. The smallest absolute Gasteiger partial charge is 0.433 e. The van der Waals surface area contributed by atoms with E-state index in [2.05, 4.69) is 9.72 Å². The molecule has 0 aliphatic rings. The van der Waals surface area contributed by atoms with Crippen molar-refractivity contribution < 1.29 is 31.8 Å². The molecule has 9 nitrogen and oxygen atoms in total. The summed E-state index contributed by atoms with van der Waals surface area (Å²) in [6, 6.07) is 5.09. The second-order valence-electron chi connectivity index (χ2n) is 7.02. The summed E-state index contributed by atoms with van der Waals surface area (Å²) in [5.74, 6) is 3.85. The van der Waals surface area contributed by atoms with Crippen LogP contribution in [0.15, 0.2) is 55.9 Å². The molecule has 192 valence electrons. The minimum atomic E-state index is -5.08. The van der Waals surface area contributed by atoms with E-state index in [1.165, 1.54) is 13.3 Å². The van der Waals surface area contributed by atoms with Crippen molar-refractivity contribution in [3.8, 4) is 11.6 Å². The van der Waals surface area contributed by atoms with Gasteiger partial charge in [-0.1, -0.05) is 23.4 Å². The molecule has 0 spiro atoms. The Hall–Kier alpha value is -3.52. The first-order valence-corrected chi connectivity index (χ1v) is 11.2. The lowest BCUT2D eigenvalue weighted by molar-refractivity contribution is -0.143. The van der Waals surface area contributed by atoms with E-state index in [0.717, 1.165) is 23.9 Å². The van der Waals surface area contributed by atoms with Crippen LogP contribution >= 0.6 is 23.4 Å². The van der Waals surface area contributed by atoms with Gasteiger partial charge in [0.25, 0.3) is 5.56 Å². The number of carbonyl (C=O) groups is 1. The van der Waals surface area contributed by atoms with Crippen LogP contribution in [0.3, 0.4) is 0 Å². The van der Waals surface area contributed by atoms with Gasteiger partial charge in [0.15, 0.2) is 5.69 Å². The van der Waals surface area contributed by atoms with Crippen LogP contribution in [-0.2, 0) is 15.7 Å². The molecule has 0 saturated carbocycles. The summed E-state index contributed by atoms with van der Waals surface area (Å²) < 4.78 is 63.9. The van der Waals surface area contributed by atoms with Crippen molar-refractivity contribution in [2.24, 2.45) is 0 Å². The third-order valence-electron chi connectivity index (χ3n) is 4.62. The summed E-state index contributed by atoms with van der Waals surface area (Å²) in [5.41, 5.74) is -5.40. The van der Waals surface area contributed by atoms with E-state index in [4.69, 9.17) is 22.2 Å². The molecule has 0 aliphatic heterocycles. The number of nitrogen functional groups attached to an aromatic ring is 1. The van der Waals surface area contributed by atoms with E-state index >= 15 is 0 Å². The number of rotatable bonds is 8. The highest BCUT2D eigenvalue weighted by molar-refractivity contribution is 7.99. The molecule has 3 aromatic rings. The highest BCUT2D eigenvalue weighted by atomic mass is 35.5. The van der Waals surface area contributed by atoms with Gasteiger partial charge in [-0.15, -0.1) is 0 Å². The van der Waals surface area contributed by atoms with Gasteiger partial charge < -0.3 is 15.3 Å². The Morgan fingerprint density at radius 1 is 1.22 bits per heavy atom. The molecule has 36 heavy (non-hydrogen) atoms. The van der Waals surface area contributed by atoms with Crippen LogP contribution in [0.1, 0.15) is 18.5 Å². The van der Waals surface area contributed by atoms with E-state index in [1.807, 2.05) is 0 Å². The van der Waals surface area contributed by atoms with Gasteiger partial charge in [-0.05, 0) is 30.7 Å². The summed E-state index contributed by atoms with van der Waals surface area (Å²) in [7, 11) is 1.26. The number of nitrogens with two attached hydrogens (primary N) is 1. The van der Waals surface area contributed by atoms with Crippen molar-refractivity contribution in [2.45, 2.75) is 28.8 Å². The Kier molecular flexibility index (Phi) is 8.30. The summed E-state index contributed by atoms with van der Waals surface area (Å²) >= 11 is 7.08. The number of hydrogen-bond donors (Lipinski definition) is 1. The molecule has 3 rings (SSSR count). The van der Waals surface area contributed by atoms with Gasteiger partial charge in [0.1, 0.15) is 5.82 Å². The molecule has 0 bridgehead atoms. The van der Waals surface area contributed by atoms with Crippen LogP contribution in [0.4, 0.5) is 17.6 Å². The normalized spacial score (nSPS) is 11.4. The fourth-order valence-electron chi connectivity index (χ4n) is 2.93. The van der Waals surface area contributed by atoms with Crippen LogP contribution in [-0.4, -0.2) is 33.9 Å². The summed E-state index contributed by atoms with van der Waals surface area (Å²) in [6.07, 6.45) is -3.17. The molecule has 0 radical (unpaired) electrons. The van der Waals surface area contributed by atoms with E-state index in [9.17, 15) is 31.9 Å². The number of carbonyl (C=O) groups excluding carboxylic acids is 1. The number of esters is 1. The number of pyridine rings is 1. The molecule has 0 fully saturated rings. The van der Waals surface area contributed by atoms with Crippen molar-refractivity contribution in [1.29, 1.82) is 0 Å². The molecule has 2 aromatic heterocycles. The van der Waals surface area contributed by atoms with Gasteiger partial charge in [0.2, 0.25) is 5.88 Å². The van der Waals surface area contributed by atoms with Crippen LogP contribution in [0.2, 0.25) is 5.02 Å². The number of aromatic nitrogens is 3. The average Bonchev–Trinajstić information content (AvgIpc) is 2.81. The Balaban J connectivity index is 1.97. The molecule has 0 atom stereocenters. The lowest BCUT2D eigenvalue weighted by Gasteiger charge is -2.15. The van der Waals surface area contributed by atoms with Crippen LogP contribution in [0.5, 0.6) is 5.88 Å². The summed E-state index contributed by atoms with van der Waals surface area (Å²) in [4.78, 5) is 40.7. The first-order valence-electron chi connectivity index (χ1n) is 9.97. The van der Waals surface area contributed by atoms with Crippen molar-refractivity contribution in [3.05, 3.63) is 73.9 Å². The fraction of sp³-hybridized carbons (Fsp3) is 0.238. The maximum Gasteiger partial charge on any atom is 0.433 e. The zero-order valence-electron chi connectivity index (χ0n) is 18.3. The largest absolute Gasteiger partial charge is 0.477 e. The predicted octanol–water partition coefficient (Wildman–Crippen LogP) is 3.40. The molecule has 0 amide bonds. The standard InChI is InChI=1S/C21H17ClF4N4O5S/c1-34-18(32)5-3-7-35-19-14(4-2-6-28-19)36-15-9-13(12(23)8-11(15)22)29-17(31)10-16(21(24,25)26)30(27)20(29)33/h2,4,6,8-10H,3,5,7,27H2,1H3. The third kappa shape index (κ3) is 5.99. The van der Waals surface area contributed by atoms with Crippen molar-refractivity contribution >= 4 is 29.3 Å². The Bertz CT molecular complexity index is 1410. The molecule has 2 N–H and O–H groups in total. The summed E-state index contributed by atoms with van der Waals surface area (Å²) in [5, 5.41) is -0.116. The fourth-order valence-corrected chi connectivity index (χ4v) is 4.11. The second-order valence-corrected chi connectivity index (χ2v) is 8.52. The Labute approximate surface area is 209 Å². The van der Waals surface area contributed by atoms with E-state index in [0.29, 0.717) is 11.3 Å². The van der Waals surface area contributed by atoms with Crippen molar-refractivity contribution in [3.63, 3.8) is 0 Å². The molecular formula is C21H17ClF4N4O5S. The Morgan fingerprint density at radius 3 is 2.61 bits per heavy atom. The number of alkyl halides is 3. The maximum atomic E-state index is 14.7. The van der Waals surface area contributed by atoms with Gasteiger partial charge in [0, 0.05) is 23.6 Å². The quantitative estimate of drug-likeness (QED) is 0.197. The zero-order chi connectivity index (χ0) is 26.6. The van der Waals surface area contributed by atoms with Gasteiger partial charge >= 0.3 is 17.8 Å². The van der Waals surface area contributed by atoms with Crippen molar-refractivity contribution in [1.82, 2.24) is 14.2 Å². The lowest BCUT2D eigenvalue weighted by atomic mass is 10.3. The van der Waals surface area contributed by atoms with Gasteiger partial charge in [-0.2, -0.15) is 13.2 Å². The van der Waals surface area contributed by atoms with Crippen molar-refractivity contribution in [2.75, 3.05) is 19.6 Å². The zero-order valence-corrected chi connectivity index (χ0v) is 19.9. The van der Waals surface area contributed by atoms with Crippen LogP contribution in [0.25, 0.3) is 5.69 Å². The molecule has 15 heteroatoms. The number of ether oxygens (including phenoxy) is 2. The molecule has 1 aromatic carbocycles. The van der Waals surface area contributed by atoms with E-state index in [1.54, 1.807) is 12.1 Å². The van der Waals surface area contributed by atoms with Crippen LogP contribution < -0.4 is 21.8 Å². The molecule has 0 unspecified atom stereocenters. The van der Waals surface area contributed by atoms with Crippen LogP contribution in [0, 0.1) is 5.82 Å². The molecule has 2 heterocycles. The number of nitrogens with zero attached hydrogens (tertiary/aromatic N) is 3. The SMILES string of the molecule is COC(=O)CCCOc1ncccc1Sc1cc(-n2c(=O)cc(C(F)(F)F)n(N)c2=O)c(F)cc1Cl. The molecule has 0 saturated heterocycles. The minimum Gasteiger partial charge on any atom is -0.477 e. The molecule has 0 aliphatic carbocycles. The minimum absolute atomic E-state index is 0.0870. The third-order valence-corrected chi connectivity index (χ3v) is 6.13. The average molecular weight is 549 g/mol. The number of halogens is 5. The second kappa shape index (κ2) is 11.0. The van der Waals surface area contributed by atoms with E-state index in [-0.39, 0.29) is 44.1 Å². The van der Waals surface area contributed by atoms with Gasteiger partial charge in [-0.3, -0.25) is 9.59 Å².